The van der Waals surface area contributed by atoms with Gasteiger partial charge >= 0.3 is 6.03 Å². The Morgan fingerprint density at radius 3 is 2.55 bits per heavy atom. The van der Waals surface area contributed by atoms with E-state index < -0.39 is 0 Å². The summed E-state index contributed by atoms with van der Waals surface area (Å²) in [7, 11) is 0. The molecule has 3 aromatic rings. The molecular weight excluding hydrogens is 415 g/mol. The molecule has 0 aliphatic carbocycles. The summed E-state index contributed by atoms with van der Waals surface area (Å²) in [6.07, 6.45) is 5.51. The van der Waals surface area contributed by atoms with Crippen LogP contribution in [0.1, 0.15) is 37.3 Å². The van der Waals surface area contributed by atoms with E-state index in [4.69, 9.17) is 0 Å². The van der Waals surface area contributed by atoms with Crippen LogP contribution in [0, 0.1) is 5.82 Å². The van der Waals surface area contributed by atoms with Gasteiger partial charge in [0.15, 0.2) is 0 Å². The van der Waals surface area contributed by atoms with Crippen LogP contribution >= 0.6 is 0 Å². The molecule has 1 N–H and O–H groups in total. The highest BCUT2D eigenvalue weighted by Gasteiger charge is 2.22. The molecule has 172 valence electrons. The number of fused-ring (bicyclic) bond motifs is 1. The third-order valence-electron chi connectivity index (χ3n) is 6.87. The van der Waals surface area contributed by atoms with Crippen LogP contribution in [0.15, 0.2) is 54.7 Å². The van der Waals surface area contributed by atoms with Crippen LogP contribution in [0.4, 0.5) is 9.18 Å². The number of urea groups is 1. The standard InChI is InChI=1S/C27H31FN4O/c1-19(2)21-3-8-24-25(18-32(26(24)17-21)23-6-4-22(28)5-7-23)20-9-12-30(13-10-20)15-16-31-14-11-29-27(31)33/h3-9,17-19H,10-16H2,1-2H3,(H,29,33). The highest BCUT2D eigenvalue weighted by Crippen LogP contribution is 2.34. The van der Waals surface area contributed by atoms with Crippen LogP contribution in [0.2, 0.25) is 0 Å². The first-order chi connectivity index (χ1) is 16.0. The minimum atomic E-state index is -0.222. The first kappa shape index (κ1) is 21.7. The molecular formula is C27H31FN4O. The van der Waals surface area contributed by atoms with E-state index in [1.165, 1.54) is 34.2 Å². The van der Waals surface area contributed by atoms with Crippen LogP contribution in [0.3, 0.4) is 0 Å². The van der Waals surface area contributed by atoms with E-state index in [2.05, 4.69) is 59.1 Å². The van der Waals surface area contributed by atoms with Crippen molar-refractivity contribution in [3.05, 3.63) is 71.7 Å². The molecule has 1 aromatic heterocycles. The van der Waals surface area contributed by atoms with Gasteiger partial charge in [0.1, 0.15) is 5.82 Å². The number of rotatable bonds is 6. The van der Waals surface area contributed by atoms with Gasteiger partial charge in [0.2, 0.25) is 0 Å². The lowest BCUT2D eigenvalue weighted by Gasteiger charge is -2.28. The van der Waals surface area contributed by atoms with Gasteiger partial charge in [-0.1, -0.05) is 32.1 Å². The molecule has 2 amide bonds. The molecule has 0 atom stereocenters. The molecule has 0 radical (unpaired) electrons. The van der Waals surface area contributed by atoms with Gasteiger partial charge in [-0.05, 0) is 53.8 Å². The van der Waals surface area contributed by atoms with E-state index in [0.29, 0.717) is 5.92 Å². The zero-order valence-electron chi connectivity index (χ0n) is 19.4. The van der Waals surface area contributed by atoms with E-state index in [9.17, 15) is 9.18 Å². The fourth-order valence-corrected chi connectivity index (χ4v) is 4.82. The van der Waals surface area contributed by atoms with Crippen molar-refractivity contribution in [3.63, 3.8) is 0 Å². The summed E-state index contributed by atoms with van der Waals surface area (Å²) >= 11 is 0. The molecule has 0 saturated carbocycles. The smallest absolute Gasteiger partial charge is 0.317 e. The number of aromatic nitrogens is 1. The molecule has 5 nitrogen and oxygen atoms in total. The van der Waals surface area contributed by atoms with Crippen molar-refractivity contribution in [3.8, 4) is 5.69 Å². The van der Waals surface area contributed by atoms with Crippen molar-refractivity contribution < 1.29 is 9.18 Å². The van der Waals surface area contributed by atoms with Crippen molar-refractivity contribution in [1.29, 1.82) is 0 Å². The Labute approximate surface area is 194 Å². The quantitative estimate of drug-likeness (QED) is 0.578. The SMILES string of the molecule is CC(C)c1ccc2c(C3=CCN(CCN4CCNC4=O)CC3)cn(-c3ccc(F)cc3)c2c1. The molecule has 33 heavy (non-hydrogen) atoms. The monoisotopic (exact) mass is 446 g/mol. The van der Waals surface area contributed by atoms with Crippen LogP contribution in [-0.4, -0.2) is 59.7 Å². The predicted molar refractivity (Wildman–Crippen MR) is 131 cm³/mol. The summed E-state index contributed by atoms with van der Waals surface area (Å²) in [4.78, 5) is 16.1. The van der Waals surface area contributed by atoms with Gasteiger partial charge < -0.3 is 14.8 Å². The highest BCUT2D eigenvalue weighted by molar-refractivity contribution is 5.95. The van der Waals surface area contributed by atoms with Gasteiger partial charge in [0.25, 0.3) is 0 Å². The van der Waals surface area contributed by atoms with E-state index >= 15 is 0 Å². The van der Waals surface area contributed by atoms with Crippen molar-refractivity contribution in [2.24, 2.45) is 0 Å². The third kappa shape index (κ3) is 4.40. The number of halogens is 1. The van der Waals surface area contributed by atoms with E-state index in [-0.39, 0.29) is 11.8 Å². The topological polar surface area (TPSA) is 40.5 Å². The van der Waals surface area contributed by atoms with E-state index in [1.807, 2.05) is 17.0 Å². The summed E-state index contributed by atoms with van der Waals surface area (Å²) < 4.78 is 15.7. The molecule has 2 aromatic carbocycles. The number of carbonyl (C=O) groups excluding carboxylic acids is 1. The average Bonchev–Trinajstić information content (AvgIpc) is 3.41. The van der Waals surface area contributed by atoms with Crippen molar-refractivity contribution in [2.45, 2.75) is 26.2 Å². The van der Waals surface area contributed by atoms with Gasteiger partial charge in [-0.3, -0.25) is 4.90 Å². The number of carbonyl (C=O) groups is 1. The van der Waals surface area contributed by atoms with Gasteiger partial charge in [0.05, 0.1) is 5.52 Å². The number of benzene rings is 2. The summed E-state index contributed by atoms with van der Waals surface area (Å²) in [5.74, 6) is 0.217. The molecule has 3 heterocycles. The van der Waals surface area contributed by atoms with Crippen molar-refractivity contribution in [2.75, 3.05) is 39.3 Å². The highest BCUT2D eigenvalue weighted by atomic mass is 19.1. The largest absolute Gasteiger partial charge is 0.336 e. The zero-order valence-corrected chi connectivity index (χ0v) is 19.4. The maximum absolute atomic E-state index is 13.6. The maximum atomic E-state index is 13.6. The van der Waals surface area contributed by atoms with Crippen LogP contribution in [-0.2, 0) is 0 Å². The average molecular weight is 447 g/mol. The fourth-order valence-electron chi connectivity index (χ4n) is 4.82. The zero-order chi connectivity index (χ0) is 22.9. The number of nitrogens with zero attached hydrogens (tertiary/aromatic N) is 3. The minimum Gasteiger partial charge on any atom is -0.336 e. The van der Waals surface area contributed by atoms with Crippen LogP contribution < -0.4 is 5.32 Å². The van der Waals surface area contributed by atoms with Gasteiger partial charge in [-0.15, -0.1) is 0 Å². The molecule has 1 fully saturated rings. The molecule has 2 aliphatic heterocycles. The Morgan fingerprint density at radius 1 is 1.06 bits per heavy atom. The summed E-state index contributed by atoms with van der Waals surface area (Å²) in [6.45, 7) is 9.50. The molecule has 2 aliphatic rings. The van der Waals surface area contributed by atoms with E-state index in [1.54, 1.807) is 0 Å². The minimum absolute atomic E-state index is 0.0533. The molecule has 5 rings (SSSR count). The Bertz CT molecular complexity index is 1190. The second kappa shape index (κ2) is 9.02. The van der Waals surface area contributed by atoms with Gasteiger partial charge in [-0.25, -0.2) is 9.18 Å². The second-order valence-corrected chi connectivity index (χ2v) is 9.32. The number of hydrogen-bond donors (Lipinski definition) is 1. The molecule has 0 spiro atoms. The Balaban J connectivity index is 1.42. The van der Waals surface area contributed by atoms with Crippen molar-refractivity contribution >= 4 is 22.5 Å². The molecule has 0 unspecified atom stereocenters. The molecule has 1 saturated heterocycles. The summed E-state index contributed by atoms with van der Waals surface area (Å²) in [6, 6.07) is 13.5. The van der Waals surface area contributed by atoms with E-state index in [0.717, 1.165) is 56.9 Å². The lowest BCUT2D eigenvalue weighted by atomic mass is 9.96. The molecule has 6 heteroatoms. The lowest BCUT2D eigenvalue weighted by Crippen LogP contribution is -2.38. The molecule has 0 bridgehead atoms. The summed E-state index contributed by atoms with van der Waals surface area (Å²) in [5, 5.41) is 4.10. The Morgan fingerprint density at radius 2 is 1.88 bits per heavy atom. The van der Waals surface area contributed by atoms with Gasteiger partial charge in [-0.2, -0.15) is 0 Å². The number of hydrogen-bond acceptors (Lipinski definition) is 2. The lowest BCUT2D eigenvalue weighted by molar-refractivity contribution is 0.205. The van der Waals surface area contributed by atoms with Crippen LogP contribution in [0.5, 0.6) is 0 Å². The second-order valence-electron chi connectivity index (χ2n) is 9.32. The first-order valence-corrected chi connectivity index (χ1v) is 11.8. The maximum Gasteiger partial charge on any atom is 0.317 e. The summed E-state index contributed by atoms with van der Waals surface area (Å²) in [5.41, 5.74) is 6.03. The van der Waals surface area contributed by atoms with Crippen LogP contribution in [0.25, 0.3) is 22.2 Å². The fraction of sp³-hybridized carbons (Fsp3) is 0.370. The predicted octanol–water partition coefficient (Wildman–Crippen LogP) is 5.01. The number of nitrogens with one attached hydrogen (secondary N) is 1. The number of amides is 2. The normalized spacial score (nSPS) is 17.2. The van der Waals surface area contributed by atoms with Gasteiger partial charge in [0, 0.05) is 62.1 Å². The van der Waals surface area contributed by atoms with Crippen molar-refractivity contribution in [1.82, 2.24) is 19.7 Å². The Kier molecular flexibility index (Phi) is 5.94. The first-order valence-electron chi connectivity index (χ1n) is 11.8. The Hall–Kier alpha value is -3.12. The third-order valence-corrected chi connectivity index (χ3v) is 6.87.